The van der Waals surface area contributed by atoms with Crippen LogP contribution >= 0.6 is 0 Å². The number of hydrazine groups is 1. The molecule has 0 radical (unpaired) electrons. The number of rotatable bonds is 6. The van der Waals surface area contributed by atoms with Crippen molar-refractivity contribution in [3.05, 3.63) is 70.3 Å². The molecule has 2 aromatic rings. The number of carbonyl (C=O) groups is 2. The Labute approximate surface area is 149 Å². The van der Waals surface area contributed by atoms with E-state index in [-0.39, 0.29) is 22.6 Å². The molecule has 2 aromatic carbocycles. The number of carbonyl (C=O) groups excluding carboxylic acids is 2. The van der Waals surface area contributed by atoms with E-state index in [1.165, 1.54) is 30.3 Å². The number of non-ortho nitro benzene ring substituents is 1. The molecule has 0 fully saturated rings. The standard InChI is InChI=1S/C16H15N3O6S/c20-15(9-10-26(24,25)14-7-2-1-3-8-14)17-18-16(21)12-5-4-6-13(11-12)19(22)23/h1-8,11H,9-10H2,(H,17,20)(H,18,21). The van der Waals surface area contributed by atoms with E-state index in [4.69, 9.17) is 0 Å². The van der Waals surface area contributed by atoms with E-state index >= 15 is 0 Å². The van der Waals surface area contributed by atoms with E-state index in [1.807, 2.05) is 0 Å². The first-order valence-corrected chi connectivity index (χ1v) is 9.06. The first-order chi connectivity index (χ1) is 12.3. The first-order valence-electron chi connectivity index (χ1n) is 7.41. The fraction of sp³-hybridized carbons (Fsp3) is 0.125. The average molecular weight is 377 g/mol. The van der Waals surface area contributed by atoms with Crippen molar-refractivity contribution in [3.8, 4) is 0 Å². The van der Waals surface area contributed by atoms with E-state index in [9.17, 15) is 28.1 Å². The summed E-state index contributed by atoms with van der Waals surface area (Å²) in [5.41, 5.74) is 3.88. The highest BCUT2D eigenvalue weighted by molar-refractivity contribution is 7.91. The predicted molar refractivity (Wildman–Crippen MR) is 91.8 cm³/mol. The summed E-state index contributed by atoms with van der Waals surface area (Å²) in [7, 11) is -3.61. The van der Waals surface area contributed by atoms with Gasteiger partial charge in [-0.2, -0.15) is 0 Å². The zero-order valence-corrected chi connectivity index (χ0v) is 14.2. The molecule has 0 aliphatic carbocycles. The van der Waals surface area contributed by atoms with Gasteiger partial charge in [0, 0.05) is 24.1 Å². The predicted octanol–water partition coefficient (Wildman–Crippen LogP) is 1.22. The van der Waals surface area contributed by atoms with Crippen molar-refractivity contribution in [3.63, 3.8) is 0 Å². The van der Waals surface area contributed by atoms with E-state index in [1.54, 1.807) is 18.2 Å². The number of benzene rings is 2. The summed E-state index contributed by atoms with van der Waals surface area (Å²) >= 11 is 0. The van der Waals surface area contributed by atoms with Crippen LogP contribution < -0.4 is 10.9 Å². The highest BCUT2D eigenvalue weighted by atomic mass is 32.2. The van der Waals surface area contributed by atoms with Crippen LogP contribution in [-0.2, 0) is 14.6 Å². The number of amides is 2. The highest BCUT2D eigenvalue weighted by Gasteiger charge is 2.17. The van der Waals surface area contributed by atoms with Crippen LogP contribution in [0.1, 0.15) is 16.8 Å². The lowest BCUT2D eigenvalue weighted by Crippen LogP contribution is -2.42. The largest absolute Gasteiger partial charge is 0.273 e. The molecule has 0 saturated heterocycles. The maximum Gasteiger partial charge on any atom is 0.270 e. The molecule has 9 nitrogen and oxygen atoms in total. The van der Waals surface area contributed by atoms with E-state index in [0.29, 0.717) is 0 Å². The van der Waals surface area contributed by atoms with Gasteiger partial charge < -0.3 is 0 Å². The van der Waals surface area contributed by atoms with Crippen LogP contribution in [0.25, 0.3) is 0 Å². The quantitative estimate of drug-likeness (QED) is 0.574. The Bertz CT molecular complexity index is 928. The fourth-order valence-corrected chi connectivity index (χ4v) is 3.26. The van der Waals surface area contributed by atoms with Crippen LogP contribution in [0.5, 0.6) is 0 Å². The topological polar surface area (TPSA) is 135 Å². The molecular formula is C16H15N3O6S. The zero-order valence-electron chi connectivity index (χ0n) is 13.4. The van der Waals surface area contributed by atoms with Gasteiger partial charge in [-0.3, -0.25) is 30.6 Å². The van der Waals surface area contributed by atoms with Gasteiger partial charge in [0.2, 0.25) is 5.91 Å². The summed E-state index contributed by atoms with van der Waals surface area (Å²) in [4.78, 5) is 33.8. The summed E-state index contributed by atoms with van der Waals surface area (Å²) in [5.74, 6) is -1.88. The van der Waals surface area contributed by atoms with E-state index in [2.05, 4.69) is 10.9 Å². The number of sulfone groups is 1. The van der Waals surface area contributed by atoms with E-state index in [0.717, 1.165) is 6.07 Å². The molecule has 2 N–H and O–H groups in total. The number of nitrogens with one attached hydrogen (secondary N) is 2. The molecule has 136 valence electrons. The lowest BCUT2D eigenvalue weighted by atomic mass is 10.2. The summed E-state index contributed by atoms with van der Waals surface area (Å²) in [6.07, 6.45) is -0.355. The third kappa shape index (κ3) is 5.11. The third-order valence-corrected chi connectivity index (χ3v) is 5.07. The normalized spacial score (nSPS) is 10.8. The minimum Gasteiger partial charge on any atom is -0.273 e. The van der Waals surface area contributed by atoms with Gasteiger partial charge in [-0.15, -0.1) is 0 Å². The Balaban J connectivity index is 1.88. The number of nitrogens with zero attached hydrogens (tertiary/aromatic N) is 1. The van der Waals surface area contributed by atoms with Gasteiger partial charge in [0.05, 0.1) is 15.6 Å². The Morgan fingerprint density at radius 2 is 1.69 bits per heavy atom. The van der Waals surface area contributed by atoms with Crippen molar-refractivity contribution >= 4 is 27.3 Å². The van der Waals surface area contributed by atoms with Gasteiger partial charge in [-0.1, -0.05) is 24.3 Å². The SMILES string of the molecule is O=C(CCS(=O)(=O)c1ccccc1)NNC(=O)c1cccc([N+](=O)[O-])c1. The second-order valence-electron chi connectivity index (χ2n) is 5.19. The highest BCUT2D eigenvalue weighted by Crippen LogP contribution is 2.13. The average Bonchev–Trinajstić information content (AvgIpc) is 2.65. The molecule has 0 unspecified atom stereocenters. The molecule has 26 heavy (non-hydrogen) atoms. The molecule has 2 rings (SSSR count). The van der Waals surface area contributed by atoms with Crippen molar-refractivity contribution in [1.29, 1.82) is 0 Å². The van der Waals surface area contributed by atoms with Crippen molar-refractivity contribution in [1.82, 2.24) is 10.9 Å². The maximum atomic E-state index is 12.1. The van der Waals surface area contributed by atoms with Gasteiger partial charge in [0.15, 0.2) is 9.84 Å². The first kappa shape index (κ1) is 19.1. The summed E-state index contributed by atoms with van der Waals surface area (Å²) in [6.45, 7) is 0. The fourth-order valence-electron chi connectivity index (χ4n) is 1.99. The molecule has 0 aliphatic rings. The molecule has 0 atom stereocenters. The van der Waals surface area contributed by atoms with Gasteiger partial charge in [0.1, 0.15) is 0 Å². The van der Waals surface area contributed by atoms with Crippen LogP contribution in [0.2, 0.25) is 0 Å². The summed E-state index contributed by atoms with van der Waals surface area (Å²) in [6, 6.07) is 12.6. The number of hydrogen-bond donors (Lipinski definition) is 2. The Hall–Kier alpha value is -3.27. The van der Waals surface area contributed by atoms with Crippen molar-refractivity contribution < 1.29 is 22.9 Å². The molecule has 10 heteroatoms. The van der Waals surface area contributed by atoms with Gasteiger partial charge in [-0.05, 0) is 18.2 Å². The molecule has 0 aromatic heterocycles. The van der Waals surface area contributed by atoms with Crippen LogP contribution in [0.4, 0.5) is 5.69 Å². The molecule has 0 saturated carbocycles. The lowest BCUT2D eigenvalue weighted by Gasteiger charge is -2.08. The number of nitro benzene ring substituents is 1. The monoisotopic (exact) mass is 377 g/mol. The summed E-state index contributed by atoms with van der Waals surface area (Å²) < 4.78 is 24.1. The molecule has 2 amide bonds. The maximum absolute atomic E-state index is 12.1. The summed E-state index contributed by atoms with van der Waals surface area (Å²) in [5, 5.41) is 10.7. The Morgan fingerprint density at radius 1 is 1.00 bits per heavy atom. The second-order valence-corrected chi connectivity index (χ2v) is 7.30. The number of nitro groups is 1. The minimum atomic E-state index is -3.61. The van der Waals surface area contributed by atoms with Crippen molar-refractivity contribution in [2.45, 2.75) is 11.3 Å². The lowest BCUT2D eigenvalue weighted by molar-refractivity contribution is -0.384. The molecule has 0 heterocycles. The van der Waals surface area contributed by atoms with Crippen molar-refractivity contribution in [2.24, 2.45) is 0 Å². The van der Waals surface area contributed by atoms with Crippen LogP contribution in [0, 0.1) is 10.1 Å². The van der Waals surface area contributed by atoms with Crippen LogP contribution in [0.15, 0.2) is 59.5 Å². The Morgan fingerprint density at radius 3 is 2.35 bits per heavy atom. The van der Waals surface area contributed by atoms with Gasteiger partial charge >= 0.3 is 0 Å². The third-order valence-electron chi connectivity index (χ3n) is 3.33. The molecule has 0 spiro atoms. The number of hydrogen-bond acceptors (Lipinski definition) is 6. The van der Waals surface area contributed by atoms with Crippen molar-refractivity contribution in [2.75, 3.05) is 5.75 Å². The van der Waals surface area contributed by atoms with Crippen LogP contribution in [-0.4, -0.2) is 30.9 Å². The van der Waals surface area contributed by atoms with Gasteiger partial charge in [0.25, 0.3) is 11.6 Å². The molecule has 0 aliphatic heterocycles. The van der Waals surface area contributed by atoms with Crippen LogP contribution in [0.3, 0.4) is 0 Å². The smallest absolute Gasteiger partial charge is 0.270 e. The molecule has 0 bridgehead atoms. The molecular weight excluding hydrogens is 362 g/mol. The zero-order chi connectivity index (χ0) is 19.2. The Kier molecular flexibility index (Phi) is 6.02. The minimum absolute atomic E-state index is 0.0172. The second kappa shape index (κ2) is 8.21. The van der Waals surface area contributed by atoms with E-state index < -0.39 is 32.3 Å². The van der Waals surface area contributed by atoms with Gasteiger partial charge in [-0.25, -0.2) is 8.42 Å².